The van der Waals surface area contributed by atoms with Crippen molar-refractivity contribution in [3.8, 4) is 0 Å². The van der Waals surface area contributed by atoms with Crippen molar-refractivity contribution in [2.75, 3.05) is 32.6 Å². The van der Waals surface area contributed by atoms with Gasteiger partial charge in [-0.3, -0.25) is 4.79 Å². The minimum absolute atomic E-state index is 0.0733. The van der Waals surface area contributed by atoms with Crippen LogP contribution in [0.5, 0.6) is 0 Å². The number of benzene rings is 1. The minimum atomic E-state index is -4.53. The lowest BCUT2D eigenvalue weighted by Crippen LogP contribution is -2.42. The Bertz CT molecular complexity index is 992. The number of halogens is 3. The molecule has 0 unspecified atom stereocenters. The van der Waals surface area contributed by atoms with E-state index in [4.69, 9.17) is 9.15 Å². The van der Waals surface area contributed by atoms with Gasteiger partial charge in [-0.05, 0) is 31.0 Å². The third-order valence-electron chi connectivity index (χ3n) is 4.00. The molecule has 0 saturated heterocycles. The molecular formula is C17H21F3N4O5S. The molecule has 0 bridgehead atoms. The number of rotatable bonds is 9. The first-order valence-electron chi connectivity index (χ1n) is 8.62. The van der Waals surface area contributed by atoms with Crippen LogP contribution in [-0.4, -0.2) is 50.9 Å². The van der Waals surface area contributed by atoms with E-state index < -0.39 is 27.9 Å². The zero-order valence-electron chi connectivity index (χ0n) is 16.4. The second-order valence-corrected chi connectivity index (χ2v) is 8.07. The fraction of sp³-hybridized carbons (Fsp3) is 0.412. The van der Waals surface area contributed by atoms with Crippen molar-refractivity contribution in [1.29, 1.82) is 0 Å². The third-order valence-corrected chi connectivity index (χ3v) is 5.44. The lowest BCUT2D eigenvalue weighted by atomic mass is 10.1. The summed E-state index contributed by atoms with van der Waals surface area (Å²) >= 11 is 0. The number of aryl methyl sites for hydroxylation is 1. The van der Waals surface area contributed by atoms with Gasteiger partial charge in [0.15, 0.2) is 5.69 Å². The molecule has 2 N–H and O–H groups in total. The Hall–Kier alpha value is -2.64. The van der Waals surface area contributed by atoms with Crippen LogP contribution in [-0.2, 0) is 21.1 Å². The summed E-state index contributed by atoms with van der Waals surface area (Å²) in [6, 6.07) is 2.81. The highest BCUT2D eigenvalue weighted by Gasteiger charge is 2.31. The van der Waals surface area contributed by atoms with Crippen LogP contribution >= 0.6 is 0 Å². The molecule has 0 fully saturated rings. The summed E-state index contributed by atoms with van der Waals surface area (Å²) < 4.78 is 75.6. The number of aromatic nitrogens is 1. The van der Waals surface area contributed by atoms with E-state index in [-0.39, 0.29) is 23.9 Å². The molecule has 1 heterocycles. The van der Waals surface area contributed by atoms with E-state index in [1.165, 1.54) is 20.2 Å². The normalized spacial score (nSPS) is 12.2. The molecule has 0 aliphatic rings. The number of hydrogen-bond acceptors (Lipinski definition) is 7. The third kappa shape index (κ3) is 6.18. The van der Waals surface area contributed by atoms with Crippen molar-refractivity contribution in [3.05, 3.63) is 41.3 Å². The van der Waals surface area contributed by atoms with Gasteiger partial charge in [-0.1, -0.05) is 6.07 Å². The van der Waals surface area contributed by atoms with E-state index >= 15 is 0 Å². The smallest absolute Gasteiger partial charge is 0.416 e. The summed E-state index contributed by atoms with van der Waals surface area (Å²) in [5.74, 6) is -1.05. The maximum Gasteiger partial charge on any atom is 0.416 e. The first-order valence-corrected chi connectivity index (χ1v) is 10.1. The zero-order chi connectivity index (χ0) is 22.5. The average Bonchev–Trinajstić information content (AvgIpc) is 3.11. The predicted molar refractivity (Wildman–Crippen MR) is 101 cm³/mol. The van der Waals surface area contributed by atoms with Crippen LogP contribution in [0, 0.1) is 6.92 Å². The Morgan fingerprint density at radius 1 is 1.33 bits per heavy atom. The highest BCUT2D eigenvalue weighted by Crippen LogP contribution is 2.32. The molecule has 9 nitrogen and oxygen atoms in total. The lowest BCUT2D eigenvalue weighted by Gasteiger charge is -2.16. The maximum absolute atomic E-state index is 12.9. The van der Waals surface area contributed by atoms with Crippen molar-refractivity contribution in [2.24, 2.45) is 0 Å². The number of carbonyl (C=O) groups excluding carboxylic acids is 1. The number of nitrogens with one attached hydrogen (secondary N) is 2. The highest BCUT2D eigenvalue weighted by molar-refractivity contribution is 7.87. The first kappa shape index (κ1) is 23.6. The molecule has 0 aliphatic heterocycles. The van der Waals surface area contributed by atoms with Gasteiger partial charge in [0.2, 0.25) is 0 Å². The number of oxazole rings is 1. The lowest BCUT2D eigenvalue weighted by molar-refractivity contribution is -0.137. The molecule has 1 amide bonds. The van der Waals surface area contributed by atoms with Crippen molar-refractivity contribution < 1.29 is 35.5 Å². The van der Waals surface area contributed by atoms with Crippen LogP contribution < -0.4 is 10.0 Å². The molecule has 2 aromatic rings. The van der Waals surface area contributed by atoms with Crippen molar-refractivity contribution in [2.45, 2.75) is 19.5 Å². The summed E-state index contributed by atoms with van der Waals surface area (Å²) in [7, 11) is -1.35. The first-order chi connectivity index (χ1) is 13.9. The van der Waals surface area contributed by atoms with Gasteiger partial charge in [0.05, 0.1) is 5.56 Å². The molecule has 13 heteroatoms. The Morgan fingerprint density at radius 3 is 2.67 bits per heavy atom. The summed E-state index contributed by atoms with van der Waals surface area (Å²) in [6.45, 7) is 2.04. The van der Waals surface area contributed by atoms with E-state index in [1.54, 1.807) is 6.92 Å². The molecule has 0 aliphatic carbocycles. The highest BCUT2D eigenvalue weighted by atomic mass is 32.2. The standard InChI is InChI=1S/C17H21F3N4O5S/c1-11-5-6-12(17(18,19)20)9-13(11)21-16-22-14(10-29-16)15(25)23-30(26,27)24(2)7-4-8-28-3/h5-6,9-10H,4,7-8H2,1-3H3,(H,21,22)(H,23,25). The Labute approximate surface area is 171 Å². The topological polar surface area (TPSA) is 114 Å². The second kappa shape index (κ2) is 9.45. The van der Waals surface area contributed by atoms with Crippen molar-refractivity contribution in [1.82, 2.24) is 14.0 Å². The molecule has 1 aromatic carbocycles. The number of ether oxygens (including phenoxy) is 1. The maximum atomic E-state index is 12.9. The van der Waals surface area contributed by atoms with E-state index in [2.05, 4.69) is 10.3 Å². The largest absolute Gasteiger partial charge is 0.431 e. The number of anilines is 2. The van der Waals surface area contributed by atoms with Gasteiger partial charge >= 0.3 is 16.4 Å². The zero-order valence-corrected chi connectivity index (χ0v) is 17.2. The summed E-state index contributed by atoms with van der Waals surface area (Å²) in [5, 5.41) is 2.55. The Kier molecular flexibility index (Phi) is 7.44. The molecular weight excluding hydrogens is 429 g/mol. The minimum Gasteiger partial charge on any atom is -0.431 e. The number of hydrogen-bond donors (Lipinski definition) is 2. The number of nitrogens with zero attached hydrogens (tertiary/aromatic N) is 2. The predicted octanol–water partition coefficient (Wildman–Crippen LogP) is 2.69. The van der Waals surface area contributed by atoms with Crippen LogP contribution in [0.2, 0.25) is 0 Å². The van der Waals surface area contributed by atoms with Crippen LogP contribution in [0.4, 0.5) is 24.9 Å². The van der Waals surface area contributed by atoms with Crippen LogP contribution in [0.25, 0.3) is 0 Å². The molecule has 1 aromatic heterocycles. The van der Waals surface area contributed by atoms with Gasteiger partial charge in [0, 0.05) is 33.0 Å². The summed E-state index contributed by atoms with van der Waals surface area (Å²) in [6.07, 6.45) is -3.22. The van der Waals surface area contributed by atoms with Crippen molar-refractivity contribution >= 4 is 27.8 Å². The average molecular weight is 450 g/mol. The van der Waals surface area contributed by atoms with Gasteiger partial charge in [0.1, 0.15) is 6.26 Å². The van der Waals surface area contributed by atoms with Gasteiger partial charge in [-0.2, -0.15) is 30.9 Å². The number of methoxy groups -OCH3 is 1. The monoisotopic (exact) mass is 450 g/mol. The molecule has 0 atom stereocenters. The van der Waals surface area contributed by atoms with Gasteiger partial charge in [-0.25, -0.2) is 4.72 Å². The summed E-state index contributed by atoms with van der Waals surface area (Å²) in [5.41, 5.74) is -0.685. The molecule has 0 saturated carbocycles. The van der Waals surface area contributed by atoms with Gasteiger partial charge < -0.3 is 14.5 Å². The van der Waals surface area contributed by atoms with Crippen molar-refractivity contribution in [3.63, 3.8) is 0 Å². The Morgan fingerprint density at radius 2 is 2.03 bits per heavy atom. The number of alkyl halides is 3. The van der Waals surface area contributed by atoms with Crippen LogP contribution in [0.15, 0.2) is 28.9 Å². The fourth-order valence-electron chi connectivity index (χ4n) is 2.28. The van der Waals surface area contributed by atoms with Crippen LogP contribution in [0.1, 0.15) is 28.0 Å². The second-order valence-electron chi connectivity index (χ2n) is 6.29. The molecule has 0 spiro atoms. The molecule has 166 valence electrons. The Balaban J connectivity index is 2.09. The number of amides is 1. The van der Waals surface area contributed by atoms with Gasteiger partial charge in [0.25, 0.3) is 11.9 Å². The SMILES string of the molecule is COCCCN(C)S(=O)(=O)NC(=O)c1coc(Nc2cc(C(F)(F)F)ccc2C)n1. The van der Waals surface area contributed by atoms with E-state index in [1.807, 2.05) is 4.72 Å². The van der Waals surface area contributed by atoms with Gasteiger partial charge in [-0.15, -0.1) is 0 Å². The molecule has 2 rings (SSSR count). The quantitative estimate of drug-likeness (QED) is 0.565. The molecule has 0 radical (unpaired) electrons. The van der Waals surface area contributed by atoms with E-state index in [0.717, 1.165) is 22.7 Å². The van der Waals surface area contributed by atoms with E-state index in [0.29, 0.717) is 18.6 Å². The van der Waals surface area contributed by atoms with Crippen LogP contribution in [0.3, 0.4) is 0 Å². The molecule has 30 heavy (non-hydrogen) atoms. The summed E-state index contributed by atoms with van der Waals surface area (Å²) in [4.78, 5) is 16.0. The number of carbonyl (C=O) groups is 1. The van der Waals surface area contributed by atoms with E-state index in [9.17, 15) is 26.4 Å². The fourth-order valence-corrected chi connectivity index (χ4v) is 3.15.